The molecule has 6 nitrogen and oxygen atoms in total. The molecule has 0 aliphatic heterocycles. The van der Waals surface area contributed by atoms with Gasteiger partial charge in [0.05, 0.1) is 10.6 Å². The van der Waals surface area contributed by atoms with Gasteiger partial charge >= 0.3 is 0 Å². The molecule has 2 N–H and O–H groups in total. The number of rotatable bonds is 4. The van der Waals surface area contributed by atoms with Crippen LogP contribution >= 0.6 is 0 Å². The van der Waals surface area contributed by atoms with Crippen LogP contribution < -0.4 is 10.0 Å². The summed E-state index contributed by atoms with van der Waals surface area (Å²) in [5, 5.41) is 3.44. The van der Waals surface area contributed by atoms with Crippen LogP contribution in [0.5, 0.6) is 0 Å². The van der Waals surface area contributed by atoms with Gasteiger partial charge in [-0.3, -0.25) is 9.52 Å². The summed E-state index contributed by atoms with van der Waals surface area (Å²) in [6, 6.07) is 13.6. The molecule has 0 aliphatic carbocycles. The van der Waals surface area contributed by atoms with E-state index >= 15 is 0 Å². The molecule has 3 rings (SSSR count). The fourth-order valence-electron chi connectivity index (χ4n) is 2.55. The van der Waals surface area contributed by atoms with Crippen LogP contribution in [0.2, 0.25) is 0 Å². The van der Waals surface area contributed by atoms with Gasteiger partial charge in [0.15, 0.2) is 0 Å². The Morgan fingerprint density at radius 3 is 2.38 bits per heavy atom. The van der Waals surface area contributed by atoms with E-state index in [-0.39, 0.29) is 10.8 Å². The maximum Gasteiger partial charge on any atom is 0.261 e. The molecule has 0 spiro atoms. The van der Waals surface area contributed by atoms with E-state index in [9.17, 15) is 13.2 Å². The van der Waals surface area contributed by atoms with Gasteiger partial charge in [0.1, 0.15) is 0 Å². The van der Waals surface area contributed by atoms with Crippen molar-refractivity contribution in [3.8, 4) is 0 Å². The highest BCUT2D eigenvalue weighted by molar-refractivity contribution is 7.92. The second-order valence-corrected chi connectivity index (χ2v) is 7.16. The number of aromatic nitrogens is 1. The Hall–Kier alpha value is -2.80. The van der Waals surface area contributed by atoms with Crippen LogP contribution in [0.1, 0.15) is 6.92 Å². The molecule has 3 aromatic rings. The second-order valence-electron chi connectivity index (χ2n) is 5.48. The normalized spacial score (nSPS) is 11.4. The van der Waals surface area contributed by atoms with Crippen LogP contribution in [0.25, 0.3) is 10.9 Å². The number of amides is 1. The molecule has 0 atom stereocenters. The third kappa shape index (κ3) is 3.11. The number of fused-ring (bicyclic) bond motifs is 1. The topological polar surface area (TPSA) is 80.2 Å². The van der Waals surface area contributed by atoms with E-state index in [1.54, 1.807) is 18.3 Å². The summed E-state index contributed by atoms with van der Waals surface area (Å²) in [5.41, 5.74) is 2.02. The van der Waals surface area contributed by atoms with Gasteiger partial charge in [0, 0.05) is 36.8 Å². The van der Waals surface area contributed by atoms with E-state index in [1.165, 1.54) is 19.1 Å². The Morgan fingerprint density at radius 2 is 1.71 bits per heavy atom. The SMILES string of the molecule is CC(=O)Nc1ccc(S(=O)(=O)Nc2cn(C)c3ccccc23)cc1. The van der Waals surface area contributed by atoms with Crippen LogP contribution in [-0.2, 0) is 21.9 Å². The molecule has 124 valence electrons. The molecule has 1 amide bonds. The molecule has 0 saturated carbocycles. The maximum atomic E-state index is 12.6. The number of aryl methyl sites for hydroxylation is 1. The van der Waals surface area contributed by atoms with Crippen molar-refractivity contribution in [2.24, 2.45) is 7.05 Å². The molecule has 1 aromatic heterocycles. The largest absolute Gasteiger partial charge is 0.348 e. The van der Waals surface area contributed by atoms with Gasteiger partial charge in [-0.25, -0.2) is 8.42 Å². The number of nitrogens with one attached hydrogen (secondary N) is 2. The van der Waals surface area contributed by atoms with E-state index in [4.69, 9.17) is 0 Å². The second kappa shape index (κ2) is 6.01. The quantitative estimate of drug-likeness (QED) is 0.764. The standard InChI is InChI=1S/C17H17N3O3S/c1-12(21)18-13-7-9-14(10-8-13)24(22,23)19-16-11-20(2)17-6-4-3-5-15(16)17/h3-11,19H,1-2H3,(H,18,21). The van der Waals surface area contributed by atoms with Crippen molar-refractivity contribution in [1.29, 1.82) is 0 Å². The molecule has 24 heavy (non-hydrogen) atoms. The predicted octanol–water partition coefficient (Wildman–Crippen LogP) is 2.94. The Kier molecular flexibility index (Phi) is 4.02. The Morgan fingerprint density at radius 1 is 1.04 bits per heavy atom. The van der Waals surface area contributed by atoms with Crippen molar-refractivity contribution in [2.75, 3.05) is 10.0 Å². The Bertz CT molecular complexity index is 1010. The van der Waals surface area contributed by atoms with Crippen molar-refractivity contribution in [1.82, 2.24) is 4.57 Å². The van der Waals surface area contributed by atoms with Crippen molar-refractivity contribution in [3.63, 3.8) is 0 Å². The minimum atomic E-state index is -3.71. The number of benzene rings is 2. The smallest absolute Gasteiger partial charge is 0.261 e. The lowest BCUT2D eigenvalue weighted by Crippen LogP contribution is -2.13. The summed E-state index contributed by atoms with van der Waals surface area (Å²) < 4.78 is 29.7. The molecule has 0 radical (unpaired) electrons. The van der Waals surface area contributed by atoms with Crippen LogP contribution in [0, 0.1) is 0 Å². The molecule has 2 aromatic carbocycles. The van der Waals surface area contributed by atoms with E-state index in [2.05, 4.69) is 10.0 Å². The summed E-state index contributed by atoms with van der Waals surface area (Å²) in [6.45, 7) is 1.40. The maximum absolute atomic E-state index is 12.6. The first-order valence-electron chi connectivity index (χ1n) is 7.31. The number of anilines is 2. The summed E-state index contributed by atoms with van der Waals surface area (Å²) >= 11 is 0. The minimum absolute atomic E-state index is 0.129. The molecule has 0 bridgehead atoms. The summed E-state index contributed by atoms with van der Waals surface area (Å²) in [4.78, 5) is 11.1. The highest BCUT2D eigenvalue weighted by Crippen LogP contribution is 2.27. The number of carbonyl (C=O) groups excluding carboxylic acids is 1. The molecule has 1 heterocycles. The number of para-hydroxylation sites is 1. The average molecular weight is 343 g/mol. The van der Waals surface area contributed by atoms with Gasteiger partial charge in [-0.15, -0.1) is 0 Å². The van der Waals surface area contributed by atoms with Gasteiger partial charge in [-0.1, -0.05) is 18.2 Å². The highest BCUT2D eigenvalue weighted by Gasteiger charge is 2.17. The van der Waals surface area contributed by atoms with Crippen LogP contribution in [0.15, 0.2) is 59.6 Å². The number of carbonyl (C=O) groups is 1. The molecule has 0 unspecified atom stereocenters. The van der Waals surface area contributed by atoms with Gasteiger partial charge in [-0.2, -0.15) is 0 Å². The first kappa shape index (κ1) is 16.1. The first-order valence-corrected chi connectivity index (χ1v) is 8.80. The Balaban J connectivity index is 1.92. The number of nitrogens with zero attached hydrogens (tertiary/aromatic N) is 1. The summed E-state index contributed by atoms with van der Waals surface area (Å²) in [7, 11) is -1.85. The molecule has 0 aliphatic rings. The van der Waals surface area contributed by atoms with Crippen molar-refractivity contribution in [3.05, 3.63) is 54.7 Å². The molecule has 7 heteroatoms. The van der Waals surface area contributed by atoms with Crippen LogP contribution in [0.4, 0.5) is 11.4 Å². The lowest BCUT2D eigenvalue weighted by Gasteiger charge is -2.08. The van der Waals surface area contributed by atoms with Gasteiger partial charge < -0.3 is 9.88 Å². The van der Waals surface area contributed by atoms with Crippen molar-refractivity contribution in [2.45, 2.75) is 11.8 Å². The average Bonchev–Trinajstić information content (AvgIpc) is 2.83. The number of sulfonamides is 1. The Labute approximate surface area is 140 Å². The molecule has 0 fully saturated rings. The third-order valence-corrected chi connectivity index (χ3v) is 5.01. The van der Waals surface area contributed by atoms with Crippen LogP contribution in [-0.4, -0.2) is 18.9 Å². The zero-order valence-corrected chi connectivity index (χ0v) is 14.1. The van der Waals surface area contributed by atoms with Crippen LogP contribution in [0.3, 0.4) is 0 Å². The molecular formula is C17H17N3O3S. The third-order valence-electron chi connectivity index (χ3n) is 3.63. The van der Waals surface area contributed by atoms with E-state index < -0.39 is 10.0 Å². The minimum Gasteiger partial charge on any atom is -0.348 e. The summed E-state index contributed by atoms with van der Waals surface area (Å²) in [5.74, 6) is -0.209. The summed E-state index contributed by atoms with van der Waals surface area (Å²) in [6.07, 6.45) is 1.74. The monoisotopic (exact) mass is 343 g/mol. The van der Waals surface area contributed by atoms with E-state index in [0.717, 1.165) is 10.9 Å². The number of hydrogen-bond donors (Lipinski definition) is 2. The zero-order chi connectivity index (χ0) is 17.3. The van der Waals surface area contributed by atoms with Crippen molar-refractivity contribution < 1.29 is 13.2 Å². The fraction of sp³-hybridized carbons (Fsp3) is 0.118. The van der Waals surface area contributed by atoms with E-state index in [0.29, 0.717) is 11.4 Å². The first-order chi connectivity index (χ1) is 11.4. The van der Waals surface area contributed by atoms with Crippen molar-refractivity contribution >= 4 is 38.2 Å². The lowest BCUT2D eigenvalue weighted by atomic mass is 10.2. The lowest BCUT2D eigenvalue weighted by molar-refractivity contribution is -0.114. The zero-order valence-electron chi connectivity index (χ0n) is 13.3. The van der Waals surface area contributed by atoms with Gasteiger partial charge in [0.25, 0.3) is 10.0 Å². The number of hydrogen-bond acceptors (Lipinski definition) is 3. The van der Waals surface area contributed by atoms with E-state index in [1.807, 2.05) is 35.9 Å². The molecular weight excluding hydrogens is 326 g/mol. The predicted molar refractivity (Wildman–Crippen MR) is 94.5 cm³/mol. The van der Waals surface area contributed by atoms with Gasteiger partial charge in [-0.05, 0) is 30.3 Å². The van der Waals surface area contributed by atoms with Gasteiger partial charge in [0.2, 0.25) is 5.91 Å². The fourth-order valence-corrected chi connectivity index (χ4v) is 3.61. The molecule has 0 saturated heterocycles. The highest BCUT2D eigenvalue weighted by atomic mass is 32.2.